The number of hydrogen-bond acceptors (Lipinski definition) is 14. The van der Waals surface area contributed by atoms with Crippen LogP contribution >= 0.6 is 24.4 Å². The molecule has 1 heterocycles. The molecule has 5 atom stereocenters. The highest BCUT2D eigenvalue weighted by atomic mass is 32.2. The molecule has 0 saturated carbocycles. The van der Waals surface area contributed by atoms with Gasteiger partial charge in [-0.2, -0.15) is 24.4 Å². The zero-order chi connectivity index (χ0) is 37.0. The van der Waals surface area contributed by atoms with E-state index in [2.05, 4.69) is 17.9 Å². The molecule has 0 bridgehead atoms. The number of nitrogens with one attached hydrogen (secondary N) is 1. The molecule has 5 N–H and O–H groups in total. The third kappa shape index (κ3) is 28.8. The van der Waals surface area contributed by atoms with Crippen molar-refractivity contribution in [3.63, 3.8) is 0 Å². The minimum atomic E-state index is -1.34. The molecular weight excluding hydrogens is 703 g/mol. The molecule has 1 saturated heterocycles. The van der Waals surface area contributed by atoms with Gasteiger partial charge in [-0.05, 0) is 37.2 Å². The fourth-order valence-corrected chi connectivity index (χ4v) is 6.44. The fourth-order valence-electron chi connectivity index (χ4n) is 5.39. The molecule has 0 radical (unpaired) electrons. The molecule has 0 aromatic heterocycles. The fraction of sp³-hybridized carbons (Fsp3) is 0.972. The smallest absolute Gasteiger partial charge is 0.246 e. The van der Waals surface area contributed by atoms with E-state index in [1.807, 2.05) is 0 Å². The summed E-state index contributed by atoms with van der Waals surface area (Å²) in [7, 11) is 0. The zero-order valence-corrected chi connectivity index (χ0v) is 32.7. The Balaban J connectivity index is 1.72. The third-order valence-corrected chi connectivity index (χ3v) is 9.76. The Morgan fingerprint density at radius 2 is 1.02 bits per heavy atom. The topological polar surface area (TPSA) is 175 Å². The van der Waals surface area contributed by atoms with E-state index in [4.69, 9.17) is 33.2 Å². The summed E-state index contributed by atoms with van der Waals surface area (Å²) in [6.45, 7) is 5.67. The lowest BCUT2D eigenvalue weighted by Crippen LogP contribution is -2.58. The normalized spacial score (nSPS) is 20.6. The van der Waals surface area contributed by atoms with Crippen LogP contribution in [0.15, 0.2) is 0 Å². The number of unbranched alkanes of at least 4 members (excludes halogenated alkanes) is 10. The largest absolute Gasteiger partial charge is 0.394 e. The molecule has 51 heavy (non-hydrogen) atoms. The summed E-state index contributed by atoms with van der Waals surface area (Å²) in [5.74, 6) is 2.32. The second kappa shape index (κ2) is 36.7. The monoisotopic (exact) mass is 773 g/mol. The van der Waals surface area contributed by atoms with Gasteiger partial charge >= 0.3 is 0 Å². The first kappa shape index (κ1) is 48.7. The quantitative estimate of drug-likeness (QED) is 0.0400. The number of amides is 1. The SMILES string of the molecule is O=C(COCCOCCOCCOCCOCCOCCCCCCCCCCCCCS)NCCSCCC[C@H]1O[C@H](CO)[C@@H](O)[C@H](O)[C@@H]1O. The lowest BCUT2D eigenvalue weighted by atomic mass is 9.93. The summed E-state index contributed by atoms with van der Waals surface area (Å²) in [6, 6.07) is 0. The van der Waals surface area contributed by atoms with Gasteiger partial charge in [0.1, 0.15) is 31.0 Å². The van der Waals surface area contributed by atoms with Crippen LogP contribution < -0.4 is 5.32 Å². The summed E-state index contributed by atoms with van der Waals surface area (Å²) < 4.78 is 38.5. The molecule has 1 rings (SSSR count). The Bertz CT molecular complexity index is 761. The highest BCUT2D eigenvalue weighted by Crippen LogP contribution is 2.24. The number of rotatable bonds is 38. The number of carbonyl (C=O) groups is 1. The van der Waals surface area contributed by atoms with E-state index in [9.17, 15) is 25.2 Å². The van der Waals surface area contributed by atoms with Gasteiger partial charge in [-0.3, -0.25) is 4.79 Å². The van der Waals surface area contributed by atoms with E-state index >= 15 is 0 Å². The van der Waals surface area contributed by atoms with Crippen molar-refractivity contribution < 1.29 is 58.4 Å². The summed E-state index contributed by atoms with van der Waals surface area (Å²) in [6.07, 6.45) is 10.3. The van der Waals surface area contributed by atoms with Crippen molar-refractivity contribution in [3.8, 4) is 0 Å². The summed E-state index contributed by atoms with van der Waals surface area (Å²) in [5.41, 5.74) is 0. The van der Waals surface area contributed by atoms with Crippen molar-refractivity contribution in [2.24, 2.45) is 0 Å². The molecule has 0 aliphatic carbocycles. The Labute approximate surface area is 316 Å². The van der Waals surface area contributed by atoms with E-state index in [0.717, 1.165) is 30.3 Å². The van der Waals surface area contributed by atoms with Gasteiger partial charge in [-0.25, -0.2) is 0 Å². The molecule has 1 aliphatic heterocycles. The highest BCUT2D eigenvalue weighted by Gasteiger charge is 2.42. The predicted molar refractivity (Wildman–Crippen MR) is 203 cm³/mol. The molecule has 15 heteroatoms. The lowest BCUT2D eigenvalue weighted by molar-refractivity contribution is -0.230. The molecule has 0 unspecified atom stereocenters. The molecule has 0 spiro atoms. The molecule has 1 amide bonds. The average molecular weight is 774 g/mol. The number of carbonyl (C=O) groups excluding carboxylic acids is 1. The Hall–Kier alpha value is -0.270. The van der Waals surface area contributed by atoms with Crippen LogP contribution in [0.5, 0.6) is 0 Å². The maximum Gasteiger partial charge on any atom is 0.246 e. The average Bonchev–Trinajstić information content (AvgIpc) is 3.13. The zero-order valence-electron chi connectivity index (χ0n) is 31.0. The van der Waals surface area contributed by atoms with Crippen molar-refractivity contribution in [3.05, 3.63) is 0 Å². The Morgan fingerprint density at radius 3 is 1.53 bits per heavy atom. The second-order valence-electron chi connectivity index (χ2n) is 12.7. The Morgan fingerprint density at radius 1 is 0.569 bits per heavy atom. The summed E-state index contributed by atoms with van der Waals surface area (Å²) in [5, 5.41) is 41.8. The molecule has 1 aliphatic rings. The first-order valence-electron chi connectivity index (χ1n) is 19.2. The summed E-state index contributed by atoms with van der Waals surface area (Å²) >= 11 is 5.90. The van der Waals surface area contributed by atoms with Gasteiger partial charge in [0.15, 0.2) is 0 Å². The molecule has 0 aromatic carbocycles. The number of aliphatic hydroxyl groups excluding tert-OH is 4. The summed E-state index contributed by atoms with van der Waals surface area (Å²) in [4.78, 5) is 11.9. The standard InChI is InChI=1S/C36H71NO12S2/c38-29-32-35(41)36(42)34(40)31(49-32)13-12-27-51-28-14-37-33(39)30-48-25-24-47-23-22-46-21-20-45-19-18-44-17-16-43-15-10-8-6-4-2-1-3-5-7-9-11-26-50/h31-32,34-36,38,40-42,50H,1-30H2,(H,37,39)/t31-,32-,34-,35-,36-/m1/s1. The Kier molecular flexibility index (Phi) is 35.1. The molecule has 13 nitrogen and oxygen atoms in total. The molecule has 304 valence electrons. The molecular formula is C36H71NO12S2. The first-order chi connectivity index (χ1) is 25.0. The van der Waals surface area contributed by atoms with Gasteiger partial charge in [0.05, 0.1) is 78.8 Å². The molecule has 1 fully saturated rings. The maximum atomic E-state index is 11.9. The highest BCUT2D eigenvalue weighted by molar-refractivity contribution is 7.99. The first-order valence-corrected chi connectivity index (χ1v) is 21.0. The lowest BCUT2D eigenvalue weighted by Gasteiger charge is -2.40. The number of thioether (sulfide) groups is 1. The van der Waals surface area contributed by atoms with E-state index in [1.54, 1.807) is 11.8 Å². The number of aliphatic hydroxyl groups is 4. The van der Waals surface area contributed by atoms with E-state index in [0.29, 0.717) is 85.5 Å². The minimum Gasteiger partial charge on any atom is -0.394 e. The van der Waals surface area contributed by atoms with Crippen LogP contribution in [0.25, 0.3) is 0 Å². The van der Waals surface area contributed by atoms with Crippen molar-refractivity contribution in [2.45, 2.75) is 114 Å². The molecule has 0 aromatic rings. The van der Waals surface area contributed by atoms with Gasteiger partial charge in [-0.15, -0.1) is 0 Å². The van der Waals surface area contributed by atoms with Crippen LogP contribution in [0.2, 0.25) is 0 Å². The second-order valence-corrected chi connectivity index (χ2v) is 14.4. The van der Waals surface area contributed by atoms with Crippen LogP contribution in [0.4, 0.5) is 0 Å². The van der Waals surface area contributed by atoms with E-state index < -0.39 is 37.1 Å². The van der Waals surface area contributed by atoms with Crippen LogP contribution in [-0.2, 0) is 38.0 Å². The van der Waals surface area contributed by atoms with Crippen LogP contribution in [0.1, 0.15) is 83.5 Å². The number of ether oxygens (including phenoxy) is 7. The van der Waals surface area contributed by atoms with Crippen molar-refractivity contribution in [2.75, 3.05) is 110 Å². The van der Waals surface area contributed by atoms with Crippen LogP contribution in [-0.4, -0.2) is 167 Å². The third-order valence-electron chi connectivity index (χ3n) is 8.38. The van der Waals surface area contributed by atoms with Gasteiger partial charge in [0, 0.05) is 18.9 Å². The van der Waals surface area contributed by atoms with Gasteiger partial charge in [0.25, 0.3) is 0 Å². The van der Waals surface area contributed by atoms with Gasteiger partial charge < -0.3 is 58.9 Å². The van der Waals surface area contributed by atoms with Gasteiger partial charge in [-0.1, -0.05) is 57.8 Å². The van der Waals surface area contributed by atoms with Crippen LogP contribution in [0, 0.1) is 0 Å². The van der Waals surface area contributed by atoms with Crippen molar-refractivity contribution in [1.29, 1.82) is 0 Å². The van der Waals surface area contributed by atoms with E-state index in [1.165, 1.54) is 64.2 Å². The van der Waals surface area contributed by atoms with Gasteiger partial charge in [0.2, 0.25) is 5.91 Å². The van der Waals surface area contributed by atoms with E-state index in [-0.39, 0.29) is 12.5 Å². The number of thiol groups is 1. The number of hydrogen-bond donors (Lipinski definition) is 6. The van der Waals surface area contributed by atoms with Crippen LogP contribution in [0.3, 0.4) is 0 Å². The minimum absolute atomic E-state index is 0.0338. The van der Waals surface area contributed by atoms with Crippen molar-refractivity contribution in [1.82, 2.24) is 5.32 Å². The van der Waals surface area contributed by atoms with Crippen molar-refractivity contribution >= 4 is 30.3 Å². The maximum absolute atomic E-state index is 11.9. The predicted octanol–water partition coefficient (Wildman–Crippen LogP) is 2.78.